The molecule has 0 N–H and O–H groups in total. The fraction of sp³-hybridized carbons (Fsp3) is 0.789. The van der Waals surface area contributed by atoms with Crippen molar-refractivity contribution in [2.45, 2.75) is 45.8 Å². The summed E-state index contributed by atoms with van der Waals surface area (Å²) in [4.78, 5) is 24.0. The van der Waals surface area contributed by atoms with Crippen LogP contribution in [-0.4, -0.2) is 44.2 Å². The van der Waals surface area contributed by atoms with E-state index in [1.807, 2.05) is 13.8 Å². The average molecular weight is 352 g/mol. The monoisotopic (exact) mass is 352 g/mol. The van der Waals surface area contributed by atoms with Crippen molar-refractivity contribution < 1.29 is 28.5 Å². The normalized spacial score (nSPS) is 31.7. The van der Waals surface area contributed by atoms with Crippen molar-refractivity contribution in [1.29, 1.82) is 0 Å². The van der Waals surface area contributed by atoms with Crippen molar-refractivity contribution in [3.8, 4) is 0 Å². The summed E-state index contributed by atoms with van der Waals surface area (Å²) in [5.41, 5.74) is -0.0491. The maximum absolute atomic E-state index is 12.1. The van der Waals surface area contributed by atoms with E-state index in [2.05, 4.69) is 12.2 Å². The van der Waals surface area contributed by atoms with Gasteiger partial charge < -0.3 is 18.9 Å². The summed E-state index contributed by atoms with van der Waals surface area (Å²) in [5.74, 6) is -0.718. The van der Waals surface area contributed by atoms with Crippen LogP contribution >= 0.6 is 0 Å². The van der Waals surface area contributed by atoms with E-state index in [4.69, 9.17) is 18.9 Å². The van der Waals surface area contributed by atoms with Gasteiger partial charge in [0.1, 0.15) is 13.2 Å². The Kier molecular flexibility index (Phi) is 5.21. The molecule has 0 radical (unpaired) electrons. The number of carbonyl (C=O) groups excluding carboxylic acids is 2. The highest BCUT2D eigenvalue weighted by Gasteiger charge is 2.41. The van der Waals surface area contributed by atoms with E-state index in [1.165, 1.54) is 0 Å². The van der Waals surface area contributed by atoms with Crippen LogP contribution in [0.2, 0.25) is 0 Å². The van der Waals surface area contributed by atoms with Crippen molar-refractivity contribution in [3.63, 3.8) is 0 Å². The second kappa shape index (κ2) is 7.08. The molecule has 3 rings (SSSR count). The minimum absolute atomic E-state index is 0.0220. The van der Waals surface area contributed by atoms with Crippen LogP contribution in [0.4, 0.5) is 0 Å². The maximum atomic E-state index is 12.1. The molecule has 3 unspecified atom stereocenters. The van der Waals surface area contributed by atoms with E-state index in [0.29, 0.717) is 25.0 Å². The number of hydrogen-bond donors (Lipinski definition) is 0. The van der Waals surface area contributed by atoms with Crippen molar-refractivity contribution in [2.75, 3.05) is 26.4 Å². The molecule has 6 nitrogen and oxygen atoms in total. The van der Waals surface area contributed by atoms with Gasteiger partial charge in [-0.2, -0.15) is 0 Å². The maximum Gasteiger partial charge on any atom is 0.311 e. The van der Waals surface area contributed by atoms with Crippen LogP contribution in [0.1, 0.15) is 40.0 Å². The molecular formula is C19H28O6. The van der Waals surface area contributed by atoms with Gasteiger partial charge in [-0.15, -0.1) is 0 Å². The SMILES string of the molecule is CC1(C)COC(C)(CC(=O)OCCOC(=O)C2CC3C=CC2C3)OC1. The van der Waals surface area contributed by atoms with Crippen LogP contribution < -0.4 is 0 Å². The summed E-state index contributed by atoms with van der Waals surface area (Å²) in [5, 5.41) is 0. The van der Waals surface area contributed by atoms with Gasteiger partial charge in [-0.1, -0.05) is 26.0 Å². The Morgan fingerprint density at radius 3 is 2.32 bits per heavy atom. The molecule has 2 bridgehead atoms. The molecule has 1 heterocycles. The largest absolute Gasteiger partial charge is 0.462 e. The Bertz CT molecular complexity index is 542. The number of hydrogen-bond acceptors (Lipinski definition) is 6. The number of ether oxygens (including phenoxy) is 4. The lowest BCUT2D eigenvalue weighted by molar-refractivity contribution is -0.290. The Morgan fingerprint density at radius 1 is 1.04 bits per heavy atom. The highest BCUT2D eigenvalue weighted by Crippen LogP contribution is 2.43. The lowest BCUT2D eigenvalue weighted by Gasteiger charge is -2.40. The molecule has 0 aromatic rings. The highest BCUT2D eigenvalue weighted by molar-refractivity contribution is 5.74. The summed E-state index contributed by atoms with van der Waals surface area (Å²) in [6, 6.07) is 0. The van der Waals surface area contributed by atoms with Gasteiger partial charge in [-0.3, -0.25) is 9.59 Å². The van der Waals surface area contributed by atoms with Crippen molar-refractivity contribution >= 4 is 11.9 Å². The van der Waals surface area contributed by atoms with E-state index in [0.717, 1.165) is 12.8 Å². The standard InChI is InChI=1S/C19H28O6/c1-18(2)11-24-19(3,25-12-18)10-16(20)22-6-7-23-17(21)15-9-13-4-5-14(15)8-13/h4-5,13-15H,6-12H2,1-3H3. The van der Waals surface area contributed by atoms with E-state index < -0.39 is 11.8 Å². The van der Waals surface area contributed by atoms with Gasteiger partial charge in [0.25, 0.3) is 0 Å². The van der Waals surface area contributed by atoms with Crippen molar-refractivity contribution in [2.24, 2.45) is 23.2 Å². The molecule has 3 aliphatic rings. The summed E-state index contributed by atoms with van der Waals surface area (Å²) in [6.07, 6.45) is 6.26. The second-order valence-corrected chi connectivity index (χ2v) is 8.33. The summed E-state index contributed by atoms with van der Waals surface area (Å²) >= 11 is 0. The Hall–Kier alpha value is -1.40. The van der Waals surface area contributed by atoms with Crippen LogP contribution in [0.3, 0.4) is 0 Å². The fourth-order valence-corrected chi connectivity index (χ4v) is 3.65. The Balaban J connectivity index is 1.32. The van der Waals surface area contributed by atoms with Gasteiger partial charge >= 0.3 is 11.9 Å². The minimum Gasteiger partial charge on any atom is -0.462 e. The zero-order chi connectivity index (χ0) is 18.1. The van der Waals surface area contributed by atoms with Crippen LogP contribution in [0.25, 0.3) is 0 Å². The smallest absolute Gasteiger partial charge is 0.311 e. The van der Waals surface area contributed by atoms with Gasteiger partial charge in [0, 0.05) is 5.41 Å². The van der Waals surface area contributed by atoms with E-state index in [1.54, 1.807) is 6.92 Å². The first-order chi connectivity index (χ1) is 11.8. The van der Waals surface area contributed by atoms with E-state index in [-0.39, 0.29) is 36.9 Å². The third-order valence-corrected chi connectivity index (χ3v) is 5.17. The zero-order valence-electron chi connectivity index (χ0n) is 15.3. The van der Waals surface area contributed by atoms with E-state index >= 15 is 0 Å². The Morgan fingerprint density at radius 2 is 1.72 bits per heavy atom. The Labute approximate surface area is 148 Å². The lowest BCUT2D eigenvalue weighted by Crippen LogP contribution is -2.47. The summed E-state index contributed by atoms with van der Waals surface area (Å²) in [6.45, 7) is 7.05. The first-order valence-corrected chi connectivity index (χ1v) is 9.05. The molecule has 1 aliphatic heterocycles. The molecule has 0 amide bonds. The predicted molar refractivity (Wildman–Crippen MR) is 89.5 cm³/mol. The number of carbonyl (C=O) groups is 2. The molecule has 3 atom stereocenters. The molecule has 2 aliphatic carbocycles. The molecule has 0 aromatic heterocycles. The highest BCUT2D eigenvalue weighted by atomic mass is 16.7. The van der Waals surface area contributed by atoms with Gasteiger partial charge in [0.15, 0.2) is 5.79 Å². The van der Waals surface area contributed by atoms with Crippen LogP contribution in [0.15, 0.2) is 12.2 Å². The summed E-state index contributed by atoms with van der Waals surface area (Å²) in [7, 11) is 0. The van der Waals surface area contributed by atoms with Gasteiger partial charge in [0.2, 0.25) is 0 Å². The molecule has 0 spiro atoms. The molecule has 0 aromatic carbocycles. The van der Waals surface area contributed by atoms with Gasteiger partial charge in [-0.25, -0.2) is 0 Å². The lowest BCUT2D eigenvalue weighted by atomic mass is 9.94. The molecule has 140 valence electrons. The number of fused-ring (bicyclic) bond motifs is 2. The van der Waals surface area contributed by atoms with Crippen LogP contribution in [0, 0.1) is 23.2 Å². The van der Waals surface area contributed by atoms with Crippen molar-refractivity contribution in [1.82, 2.24) is 0 Å². The number of allylic oxidation sites excluding steroid dienone is 2. The van der Waals surface area contributed by atoms with Gasteiger partial charge in [-0.05, 0) is 31.6 Å². The van der Waals surface area contributed by atoms with Gasteiger partial charge in [0.05, 0.1) is 25.6 Å². The first-order valence-electron chi connectivity index (χ1n) is 9.05. The van der Waals surface area contributed by atoms with Crippen LogP contribution in [0.5, 0.6) is 0 Å². The molecule has 2 fully saturated rings. The van der Waals surface area contributed by atoms with Crippen molar-refractivity contribution in [3.05, 3.63) is 12.2 Å². The fourth-order valence-electron chi connectivity index (χ4n) is 3.65. The third kappa shape index (κ3) is 4.61. The quantitative estimate of drug-likeness (QED) is 0.415. The molecule has 1 saturated heterocycles. The summed E-state index contributed by atoms with van der Waals surface area (Å²) < 4.78 is 21.8. The molecular weight excluding hydrogens is 324 g/mol. The molecule has 1 saturated carbocycles. The topological polar surface area (TPSA) is 71.1 Å². The second-order valence-electron chi connectivity index (χ2n) is 8.33. The van der Waals surface area contributed by atoms with E-state index in [9.17, 15) is 9.59 Å². The molecule has 25 heavy (non-hydrogen) atoms. The number of esters is 2. The minimum atomic E-state index is -0.946. The number of rotatable bonds is 6. The zero-order valence-corrected chi connectivity index (χ0v) is 15.3. The third-order valence-electron chi connectivity index (χ3n) is 5.17. The predicted octanol–water partition coefficient (Wildman–Crippen LogP) is 2.46. The average Bonchev–Trinajstić information content (AvgIpc) is 3.18. The molecule has 6 heteroatoms. The van der Waals surface area contributed by atoms with Crippen LogP contribution in [-0.2, 0) is 28.5 Å². The first kappa shape index (κ1) is 18.4.